The van der Waals surface area contributed by atoms with Crippen LogP contribution in [0.2, 0.25) is 0 Å². The average molecular weight is 95.1 g/mol. The van der Waals surface area contributed by atoms with E-state index in [9.17, 15) is 4.57 Å². The molecule has 5 heavy (non-hydrogen) atoms. The molecule has 0 radical (unpaired) electrons. The first kappa shape index (κ1) is 3.38. The zero-order chi connectivity index (χ0) is 5.21. The van der Waals surface area contributed by atoms with Crippen LogP contribution in [0, 0.1) is 0 Å². The van der Waals surface area contributed by atoms with Gasteiger partial charge in [-0.2, -0.15) is 0 Å². The summed E-state index contributed by atoms with van der Waals surface area (Å²) < 4.78 is 16.8. The fourth-order valence-corrected chi connectivity index (χ4v) is 0. The van der Waals surface area contributed by atoms with E-state index in [1.165, 1.54) is 13.7 Å². The van der Waals surface area contributed by atoms with Crippen LogP contribution in [0.5, 0.6) is 0 Å². The minimum atomic E-state index is -2.65. The minimum absolute atomic E-state index is 1.35. The third-order valence-corrected chi connectivity index (χ3v) is 0.945. The number of hydrogen-bond donors (Lipinski definition) is 1. The zero-order valence-electron chi connectivity index (χ0n) is 4.36. The lowest BCUT2D eigenvalue weighted by Gasteiger charge is -1.80. The first-order chi connectivity index (χ1) is 2.56. The van der Waals surface area contributed by atoms with E-state index in [1.807, 2.05) is 0 Å². The summed E-state index contributed by atoms with van der Waals surface area (Å²) in [6.07, 6.45) is 0. The average Bonchev–Trinajstić information content (AvgIpc) is 1.35. The molecule has 0 bridgehead atoms. The molecule has 0 aliphatic rings. The van der Waals surface area contributed by atoms with Crippen molar-refractivity contribution in [2.24, 2.45) is 0 Å². The Morgan fingerprint density at radius 1 is 2.20 bits per heavy atom. The molecule has 2 nitrogen and oxygen atoms in total. The topological polar surface area (TPSA) is 29.1 Å². The Bertz CT molecular complexity index is 77.6. The van der Waals surface area contributed by atoms with E-state index in [1.54, 1.807) is 0 Å². The maximum absolute atomic E-state index is 10.1. The molecule has 0 aromatic carbocycles. The Kier molecular flexibility index (Phi) is 1.64. The highest BCUT2D eigenvalue weighted by atomic mass is 31.1. The Morgan fingerprint density at radius 3 is 2.40 bits per heavy atom. The molecule has 0 amide bonds. The normalized spacial score (nSPS) is 24.0. The third-order valence-electron chi connectivity index (χ3n) is 0.315. The van der Waals surface area contributed by atoms with Crippen molar-refractivity contribution in [2.75, 3.05) is 13.7 Å². The monoisotopic (exact) mass is 95.0 g/mol. The van der Waals surface area contributed by atoms with Gasteiger partial charge in [0.15, 0.2) is 0 Å². The maximum atomic E-state index is 10.1. The summed E-state index contributed by atoms with van der Waals surface area (Å²) >= 11 is 0. The second kappa shape index (κ2) is 2.43. The Labute approximate surface area is 33.7 Å². The zero-order valence-corrected chi connectivity index (χ0v) is 4.25. The van der Waals surface area contributed by atoms with E-state index < -0.39 is 7.90 Å². The molecule has 0 saturated carbocycles. The smallest absolute Gasteiger partial charge is 0.133 e. The molecule has 1 atom stereocenters. The summed E-state index contributed by atoms with van der Waals surface area (Å²) in [5, 5.41) is 2.33. The van der Waals surface area contributed by atoms with Crippen LogP contribution in [0.25, 0.3) is 0 Å². The molecule has 1 N–H and O–H groups in total. The van der Waals surface area contributed by atoms with E-state index in [0.717, 1.165) is 0 Å². The minimum Gasteiger partial charge on any atom is -0.310 e. The van der Waals surface area contributed by atoms with Crippen molar-refractivity contribution < 1.29 is 4.57 Å². The third kappa shape index (κ3) is 4.19. The summed E-state index contributed by atoms with van der Waals surface area (Å²) in [6.45, 7) is 1.35. The van der Waals surface area contributed by atoms with Gasteiger partial charge in [-0.05, 0) is 13.7 Å². The van der Waals surface area contributed by atoms with Crippen LogP contribution in [0.4, 0.5) is 0 Å². The van der Waals surface area contributed by atoms with Gasteiger partial charge in [0.2, 0.25) is 0 Å². The van der Waals surface area contributed by atoms with Crippen molar-refractivity contribution in [3.8, 4) is 0 Å². The predicted octanol–water partition coefficient (Wildman–Crippen LogP) is 0.310. The van der Waals surface area contributed by atoms with Gasteiger partial charge in [-0.25, -0.2) is 0 Å². The summed E-state index contributed by atoms with van der Waals surface area (Å²) in [5.41, 5.74) is 0. The standard InChI is InChI=1S/C2H8NOP/c1-3-5(2)4/h5H,1-2H3,(H,3,4)/i5T. The fraction of sp³-hybridized carbons (Fsp3) is 1.00. The maximum Gasteiger partial charge on any atom is 0.133 e. The highest BCUT2D eigenvalue weighted by Gasteiger charge is 1.70. The van der Waals surface area contributed by atoms with Crippen molar-refractivity contribution in [3.05, 3.63) is 0 Å². The second-order valence-electron chi connectivity index (χ2n) is 0.721. The highest BCUT2D eigenvalue weighted by molar-refractivity contribution is 7.41. The summed E-state index contributed by atoms with van der Waals surface area (Å²) in [5.74, 6) is 0. The molecule has 3 heteroatoms. The summed E-state index contributed by atoms with van der Waals surface area (Å²) in [6, 6.07) is 0. The molecule has 32 valence electrons. The molecule has 0 aromatic rings. The van der Waals surface area contributed by atoms with Gasteiger partial charge in [-0.15, -0.1) is 0 Å². The lowest BCUT2D eigenvalue weighted by molar-refractivity contribution is 0.586. The SMILES string of the molecule is [3H]P(C)(=O)NC. The van der Waals surface area contributed by atoms with E-state index in [4.69, 9.17) is 1.28 Å². The Balaban J connectivity index is 3.48. The Hall–Kier alpha value is 0.190. The van der Waals surface area contributed by atoms with Gasteiger partial charge in [0.1, 0.15) is 9.18 Å². The molecular weight excluding hydrogens is 85.0 g/mol. The molecule has 0 aromatic heterocycles. The van der Waals surface area contributed by atoms with Crippen LogP contribution in [-0.4, -0.2) is 15.0 Å². The largest absolute Gasteiger partial charge is 0.310 e. The van der Waals surface area contributed by atoms with Crippen molar-refractivity contribution in [1.29, 1.82) is 1.28 Å². The van der Waals surface area contributed by atoms with Crippen molar-refractivity contribution >= 4 is 7.90 Å². The second-order valence-corrected chi connectivity index (χ2v) is 2.16. The Morgan fingerprint density at radius 2 is 2.40 bits per heavy atom. The summed E-state index contributed by atoms with van der Waals surface area (Å²) in [4.78, 5) is 0. The van der Waals surface area contributed by atoms with E-state index in [2.05, 4.69) is 5.09 Å². The molecule has 0 aliphatic heterocycles. The van der Waals surface area contributed by atoms with Crippen molar-refractivity contribution in [1.82, 2.24) is 5.09 Å². The van der Waals surface area contributed by atoms with Gasteiger partial charge in [-0.3, -0.25) is 5.09 Å². The highest BCUT2D eigenvalue weighted by Crippen LogP contribution is 2.00. The van der Waals surface area contributed by atoms with E-state index in [-0.39, 0.29) is 0 Å². The lowest BCUT2D eigenvalue weighted by Crippen LogP contribution is -1.86. The van der Waals surface area contributed by atoms with Gasteiger partial charge in [-0.1, -0.05) is 0 Å². The molecule has 0 saturated heterocycles. The molecule has 0 rings (SSSR count). The van der Waals surface area contributed by atoms with E-state index >= 15 is 0 Å². The molecular formula is C2H8NOP. The van der Waals surface area contributed by atoms with Crippen LogP contribution in [0.15, 0.2) is 0 Å². The van der Waals surface area contributed by atoms with E-state index in [0.29, 0.717) is 0 Å². The quantitative estimate of drug-likeness (QED) is 0.475. The van der Waals surface area contributed by atoms with Crippen LogP contribution < -0.4 is 5.09 Å². The molecule has 0 spiro atoms. The first-order valence-electron chi connectivity index (χ1n) is 1.80. The summed E-state index contributed by atoms with van der Waals surface area (Å²) in [7, 11) is -1.14. The van der Waals surface area contributed by atoms with Gasteiger partial charge in [0.05, 0.1) is 0 Å². The van der Waals surface area contributed by atoms with Gasteiger partial charge >= 0.3 is 0 Å². The van der Waals surface area contributed by atoms with Crippen LogP contribution in [0.3, 0.4) is 0 Å². The fourth-order valence-electron chi connectivity index (χ4n) is 0. The predicted molar refractivity (Wildman–Crippen MR) is 24.0 cm³/mol. The van der Waals surface area contributed by atoms with Crippen LogP contribution >= 0.6 is 7.90 Å². The van der Waals surface area contributed by atoms with Gasteiger partial charge < -0.3 is 4.57 Å². The first-order valence-corrected chi connectivity index (χ1v) is 3.06. The number of nitrogens with one attached hydrogen (secondary N) is 1. The molecule has 0 heterocycles. The van der Waals surface area contributed by atoms with Crippen LogP contribution in [-0.2, 0) is 4.57 Å². The molecule has 0 aliphatic carbocycles. The van der Waals surface area contributed by atoms with Crippen molar-refractivity contribution in [2.45, 2.75) is 0 Å². The molecule has 0 fully saturated rings. The van der Waals surface area contributed by atoms with Crippen LogP contribution in [0.1, 0.15) is 0 Å². The van der Waals surface area contributed by atoms with Crippen molar-refractivity contribution in [3.63, 3.8) is 0 Å². The number of hydrogen-bond acceptors (Lipinski definition) is 1. The van der Waals surface area contributed by atoms with Gasteiger partial charge in [0.25, 0.3) is 0 Å². The number of rotatable bonds is 1. The van der Waals surface area contributed by atoms with Gasteiger partial charge in [0, 0.05) is 0 Å². The molecule has 1 unspecified atom stereocenters. The lowest BCUT2D eigenvalue weighted by atomic mass is 11.6.